The summed E-state index contributed by atoms with van der Waals surface area (Å²) in [5.41, 5.74) is 1.85. The molecule has 2 fully saturated rings. The van der Waals surface area contributed by atoms with Crippen LogP contribution in [0.3, 0.4) is 0 Å². The summed E-state index contributed by atoms with van der Waals surface area (Å²) >= 11 is 0. The van der Waals surface area contributed by atoms with Crippen LogP contribution in [0.1, 0.15) is 24.6 Å². The van der Waals surface area contributed by atoms with Crippen LogP contribution in [0.5, 0.6) is 5.88 Å². The Morgan fingerprint density at radius 1 is 1.31 bits per heavy atom. The topological polar surface area (TPSA) is 78.9 Å². The molecule has 4 heterocycles. The summed E-state index contributed by atoms with van der Waals surface area (Å²) < 4.78 is 5.60. The molecule has 8 heteroatoms. The molecule has 140 valence electrons. The van der Waals surface area contributed by atoms with E-state index in [1.807, 2.05) is 23.8 Å². The predicted molar refractivity (Wildman–Crippen MR) is 93.4 cm³/mol. The molecule has 3 aliphatic rings. The number of nitrogens with zero attached hydrogens (tertiary/aromatic N) is 5. The zero-order valence-corrected chi connectivity index (χ0v) is 15.3. The average Bonchev–Trinajstić information content (AvgIpc) is 3.00. The van der Waals surface area contributed by atoms with E-state index in [0.717, 1.165) is 24.3 Å². The van der Waals surface area contributed by atoms with Crippen LogP contribution in [0, 0.1) is 5.92 Å². The van der Waals surface area contributed by atoms with Crippen molar-refractivity contribution in [3.05, 3.63) is 17.6 Å². The smallest absolute Gasteiger partial charge is 0.228 e. The molecule has 1 atom stereocenters. The highest BCUT2D eigenvalue weighted by molar-refractivity contribution is 5.89. The van der Waals surface area contributed by atoms with Gasteiger partial charge >= 0.3 is 0 Å². The lowest BCUT2D eigenvalue weighted by Crippen LogP contribution is -2.58. The van der Waals surface area contributed by atoms with Gasteiger partial charge in [-0.15, -0.1) is 0 Å². The number of hydrogen-bond donors (Lipinski definition) is 0. The number of carbonyl (C=O) groups is 2. The summed E-state index contributed by atoms with van der Waals surface area (Å²) in [6.07, 6.45) is 2.54. The summed E-state index contributed by atoms with van der Waals surface area (Å²) in [4.78, 5) is 39.8. The van der Waals surface area contributed by atoms with Crippen LogP contribution < -0.4 is 4.74 Å². The van der Waals surface area contributed by atoms with Crippen LogP contribution in [0.4, 0.5) is 0 Å². The van der Waals surface area contributed by atoms with Gasteiger partial charge in [0.25, 0.3) is 0 Å². The molecule has 8 nitrogen and oxygen atoms in total. The summed E-state index contributed by atoms with van der Waals surface area (Å²) in [6, 6.07) is 0.269. The Labute approximate surface area is 153 Å². The van der Waals surface area contributed by atoms with E-state index < -0.39 is 0 Å². The first-order chi connectivity index (χ1) is 12.6. The number of ether oxygens (including phenoxy) is 1. The molecular weight excluding hydrogens is 334 g/mol. The lowest BCUT2D eigenvalue weighted by atomic mass is 10.0. The number of likely N-dealkylation sites (N-methyl/N-ethyl adjacent to an activating group) is 1. The van der Waals surface area contributed by atoms with E-state index in [4.69, 9.17) is 4.74 Å². The van der Waals surface area contributed by atoms with Gasteiger partial charge < -0.3 is 19.4 Å². The number of rotatable bonds is 4. The molecule has 1 aromatic rings. The van der Waals surface area contributed by atoms with Crippen molar-refractivity contribution in [2.24, 2.45) is 5.92 Å². The van der Waals surface area contributed by atoms with Crippen molar-refractivity contribution in [3.63, 3.8) is 0 Å². The monoisotopic (exact) mass is 359 g/mol. The summed E-state index contributed by atoms with van der Waals surface area (Å²) in [7, 11) is 2.04. The van der Waals surface area contributed by atoms with Gasteiger partial charge in [0.05, 0.1) is 36.4 Å². The number of aromatic nitrogens is 2. The highest BCUT2D eigenvalue weighted by Crippen LogP contribution is 2.29. The minimum absolute atomic E-state index is 0.0606. The van der Waals surface area contributed by atoms with E-state index in [2.05, 4.69) is 14.9 Å². The van der Waals surface area contributed by atoms with Crippen LogP contribution in [-0.4, -0.2) is 82.4 Å². The van der Waals surface area contributed by atoms with Gasteiger partial charge in [-0.3, -0.25) is 9.59 Å². The molecule has 2 saturated heterocycles. The van der Waals surface area contributed by atoms with E-state index >= 15 is 0 Å². The molecule has 1 aromatic heterocycles. The number of carbonyl (C=O) groups excluding carboxylic acids is 2. The van der Waals surface area contributed by atoms with Crippen LogP contribution in [0.15, 0.2) is 6.33 Å². The predicted octanol–water partition coefficient (Wildman–Crippen LogP) is -0.0775. The molecule has 1 unspecified atom stereocenters. The van der Waals surface area contributed by atoms with Gasteiger partial charge in [-0.1, -0.05) is 0 Å². The van der Waals surface area contributed by atoms with Crippen molar-refractivity contribution < 1.29 is 14.3 Å². The number of amides is 2. The summed E-state index contributed by atoms with van der Waals surface area (Å²) in [6.45, 7) is 5.88. The Morgan fingerprint density at radius 3 is 2.85 bits per heavy atom. The summed E-state index contributed by atoms with van der Waals surface area (Å²) in [5, 5.41) is 0. The third-order valence-electron chi connectivity index (χ3n) is 5.55. The molecule has 0 aromatic carbocycles. The minimum Gasteiger partial charge on any atom is -0.478 e. The molecule has 0 N–H and O–H groups in total. The lowest BCUT2D eigenvalue weighted by molar-refractivity contribution is -0.136. The third kappa shape index (κ3) is 3.02. The van der Waals surface area contributed by atoms with Gasteiger partial charge in [-0.25, -0.2) is 9.97 Å². The first kappa shape index (κ1) is 17.2. The molecule has 0 bridgehead atoms. The molecule has 3 aliphatic heterocycles. The molecule has 0 saturated carbocycles. The quantitative estimate of drug-likeness (QED) is 0.748. The maximum Gasteiger partial charge on any atom is 0.228 e. The van der Waals surface area contributed by atoms with Gasteiger partial charge in [0.15, 0.2) is 0 Å². The van der Waals surface area contributed by atoms with Crippen molar-refractivity contribution >= 4 is 11.8 Å². The fourth-order valence-corrected chi connectivity index (χ4v) is 4.14. The molecular formula is C18H25N5O3. The number of fused-ring (bicyclic) bond motifs is 1. The van der Waals surface area contributed by atoms with E-state index in [-0.39, 0.29) is 23.8 Å². The highest BCUT2D eigenvalue weighted by Gasteiger charge is 2.42. The average molecular weight is 359 g/mol. The SMILES string of the molecule is CCOc1ncnc2c1CN(C(=O)C1CC(=O)N(C3CN(C)C3)C1)CC2. The fourth-order valence-electron chi connectivity index (χ4n) is 4.14. The highest BCUT2D eigenvalue weighted by atomic mass is 16.5. The Kier molecular flexibility index (Phi) is 4.52. The first-order valence-corrected chi connectivity index (χ1v) is 9.29. The molecule has 4 rings (SSSR count). The van der Waals surface area contributed by atoms with Gasteiger partial charge in [-0.05, 0) is 14.0 Å². The third-order valence-corrected chi connectivity index (χ3v) is 5.55. The van der Waals surface area contributed by atoms with Crippen LogP contribution in [-0.2, 0) is 22.6 Å². The Hall–Kier alpha value is -2.22. The van der Waals surface area contributed by atoms with E-state index in [0.29, 0.717) is 45.0 Å². The lowest BCUT2D eigenvalue weighted by Gasteiger charge is -2.42. The Balaban J connectivity index is 1.44. The maximum absolute atomic E-state index is 13.0. The van der Waals surface area contributed by atoms with Crippen molar-refractivity contribution in [2.45, 2.75) is 32.4 Å². The fraction of sp³-hybridized carbons (Fsp3) is 0.667. The van der Waals surface area contributed by atoms with Crippen LogP contribution >= 0.6 is 0 Å². The van der Waals surface area contributed by atoms with Gasteiger partial charge in [0.2, 0.25) is 17.7 Å². The molecule has 26 heavy (non-hydrogen) atoms. The van der Waals surface area contributed by atoms with Crippen LogP contribution in [0.25, 0.3) is 0 Å². The van der Waals surface area contributed by atoms with E-state index in [1.54, 1.807) is 0 Å². The van der Waals surface area contributed by atoms with Crippen LogP contribution in [0.2, 0.25) is 0 Å². The second kappa shape index (κ2) is 6.83. The van der Waals surface area contributed by atoms with Gasteiger partial charge in [0, 0.05) is 39.0 Å². The first-order valence-electron chi connectivity index (χ1n) is 9.29. The van der Waals surface area contributed by atoms with Crippen molar-refractivity contribution in [1.82, 2.24) is 24.7 Å². The minimum atomic E-state index is -0.241. The van der Waals surface area contributed by atoms with Gasteiger partial charge in [0.1, 0.15) is 6.33 Å². The summed E-state index contributed by atoms with van der Waals surface area (Å²) in [5.74, 6) is 0.495. The van der Waals surface area contributed by atoms with Gasteiger partial charge in [-0.2, -0.15) is 0 Å². The largest absolute Gasteiger partial charge is 0.478 e. The maximum atomic E-state index is 13.0. The Morgan fingerprint density at radius 2 is 2.12 bits per heavy atom. The Bertz CT molecular complexity index is 719. The number of likely N-dealkylation sites (tertiary alicyclic amines) is 2. The van der Waals surface area contributed by atoms with E-state index in [9.17, 15) is 9.59 Å². The van der Waals surface area contributed by atoms with Crippen molar-refractivity contribution in [2.75, 3.05) is 39.8 Å². The standard InChI is InChI=1S/C18H25N5O3/c1-3-26-17-14-10-22(5-4-15(14)19-11-20-17)18(25)12-6-16(24)23(7-12)13-8-21(2)9-13/h11-13H,3-10H2,1-2H3. The van der Waals surface area contributed by atoms with E-state index in [1.165, 1.54) is 6.33 Å². The molecule has 0 radical (unpaired) electrons. The normalized spacial score (nSPS) is 23.8. The zero-order valence-electron chi connectivity index (χ0n) is 15.3. The second-order valence-electron chi connectivity index (χ2n) is 7.37. The zero-order chi connectivity index (χ0) is 18.3. The molecule has 2 amide bonds. The molecule has 0 aliphatic carbocycles. The van der Waals surface area contributed by atoms with Crippen molar-refractivity contribution in [1.29, 1.82) is 0 Å². The second-order valence-corrected chi connectivity index (χ2v) is 7.37. The number of hydrogen-bond acceptors (Lipinski definition) is 6. The van der Waals surface area contributed by atoms with Crippen molar-refractivity contribution in [3.8, 4) is 5.88 Å². The molecule has 0 spiro atoms.